The molecule has 0 amide bonds. The van der Waals surface area contributed by atoms with Crippen LogP contribution in [-0.2, 0) is 10.2 Å². The molecule has 0 bridgehead atoms. The van der Waals surface area contributed by atoms with Gasteiger partial charge in [-0.15, -0.1) is 13.0 Å². The molecule has 0 aromatic rings. The average Bonchev–Trinajstić information content (AvgIpc) is 2.99. The summed E-state index contributed by atoms with van der Waals surface area (Å²) in [5, 5.41) is 0. The van der Waals surface area contributed by atoms with Gasteiger partial charge in [-0.1, -0.05) is 12.0 Å². The van der Waals surface area contributed by atoms with E-state index in [1.165, 1.54) is 10.4 Å². The smallest absolute Gasteiger partial charge is 0.279 e. The van der Waals surface area contributed by atoms with E-state index < -0.39 is 15.7 Å². The molecular formula is C12H20N4O2S. The van der Waals surface area contributed by atoms with Gasteiger partial charge in [-0.2, -0.15) is 12.7 Å². The molecule has 0 radical (unpaired) electrons. The van der Waals surface area contributed by atoms with Crippen LogP contribution in [0.2, 0.25) is 0 Å². The Labute approximate surface area is 114 Å². The summed E-state index contributed by atoms with van der Waals surface area (Å²) in [5.41, 5.74) is 10.7. The quantitative estimate of drug-likeness (QED) is 0.434. The van der Waals surface area contributed by atoms with Gasteiger partial charge < -0.3 is 11.5 Å². The monoisotopic (exact) mass is 284 g/mol. The molecule has 2 rings (SSSR count). The van der Waals surface area contributed by atoms with Gasteiger partial charge in [-0.25, -0.2) is 4.72 Å². The van der Waals surface area contributed by atoms with E-state index in [9.17, 15) is 8.42 Å². The normalized spacial score (nSPS) is 33.8. The molecule has 6 nitrogen and oxygen atoms in total. The number of terminal acetylenes is 1. The summed E-state index contributed by atoms with van der Waals surface area (Å²) in [6.45, 7) is 4.23. The van der Waals surface area contributed by atoms with Crippen LogP contribution in [0, 0.1) is 18.3 Å². The molecule has 0 unspecified atom stereocenters. The lowest BCUT2D eigenvalue weighted by Gasteiger charge is -2.23. The van der Waals surface area contributed by atoms with Gasteiger partial charge in [0, 0.05) is 25.2 Å². The van der Waals surface area contributed by atoms with E-state index in [-0.39, 0.29) is 31.1 Å². The molecule has 0 spiro atoms. The largest absolute Gasteiger partial charge is 0.324 e. The minimum absolute atomic E-state index is 0.137. The summed E-state index contributed by atoms with van der Waals surface area (Å²) in [5.74, 6) is 2.17. The third kappa shape index (κ3) is 2.83. The van der Waals surface area contributed by atoms with E-state index >= 15 is 0 Å². The summed E-state index contributed by atoms with van der Waals surface area (Å²) in [4.78, 5) is 0. The van der Waals surface area contributed by atoms with E-state index in [0.717, 1.165) is 12.8 Å². The number of hydrogen-bond donors (Lipinski definition) is 3. The molecule has 2 fully saturated rings. The van der Waals surface area contributed by atoms with Crippen LogP contribution >= 0.6 is 0 Å². The third-order valence-electron chi connectivity index (χ3n) is 3.91. The first kappa shape index (κ1) is 14.5. The highest BCUT2D eigenvalue weighted by Crippen LogP contribution is 2.32. The second-order valence-electron chi connectivity index (χ2n) is 5.52. The van der Waals surface area contributed by atoms with Crippen molar-refractivity contribution in [2.45, 2.75) is 23.9 Å². The fourth-order valence-electron chi connectivity index (χ4n) is 2.12. The molecule has 2 aliphatic rings. The summed E-state index contributed by atoms with van der Waals surface area (Å²) < 4.78 is 28.1. The van der Waals surface area contributed by atoms with Crippen molar-refractivity contribution < 1.29 is 8.42 Å². The van der Waals surface area contributed by atoms with Crippen molar-refractivity contribution in [1.82, 2.24) is 9.03 Å². The molecule has 1 saturated heterocycles. The van der Waals surface area contributed by atoms with Crippen LogP contribution < -0.4 is 16.2 Å². The van der Waals surface area contributed by atoms with Gasteiger partial charge in [0.05, 0.1) is 11.5 Å². The lowest BCUT2D eigenvalue weighted by molar-refractivity contribution is 0.442. The van der Waals surface area contributed by atoms with Gasteiger partial charge in [-0.3, -0.25) is 0 Å². The molecule has 1 aliphatic carbocycles. The Balaban J connectivity index is 2.06. The minimum atomic E-state index is -3.60. The van der Waals surface area contributed by atoms with Crippen molar-refractivity contribution in [2.75, 3.05) is 19.6 Å². The second kappa shape index (κ2) is 4.58. The van der Waals surface area contributed by atoms with Crippen LogP contribution in [0.15, 0.2) is 12.7 Å². The Morgan fingerprint density at radius 1 is 1.53 bits per heavy atom. The lowest BCUT2D eigenvalue weighted by atomic mass is 9.89. The SMILES string of the molecule is C#C[C@H]1CN(S(=O)(=O)NCC2(N)CC2)C[C@@]1(N)C=C. The average molecular weight is 284 g/mol. The molecule has 1 saturated carbocycles. The first-order valence-electron chi connectivity index (χ1n) is 6.17. The summed E-state index contributed by atoms with van der Waals surface area (Å²) >= 11 is 0. The highest BCUT2D eigenvalue weighted by Gasteiger charge is 2.46. The highest BCUT2D eigenvalue weighted by molar-refractivity contribution is 7.87. The maximum atomic E-state index is 12.2. The fourth-order valence-corrected chi connectivity index (χ4v) is 3.51. The number of rotatable bonds is 5. The van der Waals surface area contributed by atoms with E-state index in [1.54, 1.807) is 0 Å². The lowest BCUT2D eigenvalue weighted by Crippen LogP contribution is -2.48. The van der Waals surface area contributed by atoms with Crippen LogP contribution in [0.3, 0.4) is 0 Å². The van der Waals surface area contributed by atoms with Crippen LogP contribution in [0.1, 0.15) is 12.8 Å². The van der Waals surface area contributed by atoms with Crippen molar-refractivity contribution in [2.24, 2.45) is 17.4 Å². The number of nitrogens with two attached hydrogens (primary N) is 2. The summed E-state index contributed by atoms with van der Waals surface area (Å²) in [6, 6.07) is 0. The first-order valence-corrected chi connectivity index (χ1v) is 7.61. The van der Waals surface area contributed by atoms with Gasteiger partial charge in [0.25, 0.3) is 10.2 Å². The third-order valence-corrected chi connectivity index (χ3v) is 5.37. The molecule has 1 heterocycles. The highest BCUT2D eigenvalue weighted by atomic mass is 32.2. The molecular weight excluding hydrogens is 264 g/mol. The van der Waals surface area contributed by atoms with E-state index in [0.29, 0.717) is 0 Å². The van der Waals surface area contributed by atoms with Crippen LogP contribution in [-0.4, -0.2) is 43.4 Å². The molecule has 1 aliphatic heterocycles. The molecule has 2 atom stereocenters. The summed E-state index contributed by atoms with van der Waals surface area (Å²) in [6.07, 6.45) is 8.62. The second-order valence-corrected chi connectivity index (χ2v) is 7.27. The van der Waals surface area contributed by atoms with Crippen molar-refractivity contribution in [3.8, 4) is 12.3 Å². The number of nitrogens with zero attached hydrogens (tertiary/aromatic N) is 1. The maximum absolute atomic E-state index is 12.2. The Kier molecular flexibility index (Phi) is 3.49. The predicted molar refractivity (Wildman–Crippen MR) is 74.1 cm³/mol. The molecule has 0 aromatic carbocycles. The van der Waals surface area contributed by atoms with Gasteiger partial charge >= 0.3 is 0 Å². The van der Waals surface area contributed by atoms with Crippen LogP contribution in [0.4, 0.5) is 0 Å². The van der Waals surface area contributed by atoms with Crippen LogP contribution in [0.25, 0.3) is 0 Å². The van der Waals surface area contributed by atoms with E-state index in [4.69, 9.17) is 17.9 Å². The Morgan fingerprint density at radius 2 is 2.16 bits per heavy atom. The maximum Gasteiger partial charge on any atom is 0.279 e. The molecule has 19 heavy (non-hydrogen) atoms. The van der Waals surface area contributed by atoms with Crippen LogP contribution in [0.5, 0.6) is 0 Å². The van der Waals surface area contributed by atoms with Gasteiger partial charge in [-0.05, 0) is 12.8 Å². The zero-order chi connectivity index (χ0) is 14.3. The Morgan fingerprint density at radius 3 is 2.58 bits per heavy atom. The molecule has 5 N–H and O–H groups in total. The zero-order valence-electron chi connectivity index (χ0n) is 10.8. The Bertz CT molecular complexity index is 520. The van der Waals surface area contributed by atoms with Gasteiger partial charge in [0.2, 0.25) is 0 Å². The predicted octanol–water partition coefficient (Wildman–Crippen LogP) is -1.24. The van der Waals surface area contributed by atoms with Crippen molar-refractivity contribution in [3.05, 3.63) is 12.7 Å². The van der Waals surface area contributed by atoms with E-state index in [2.05, 4.69) is 17.2 Å². The van der Waals surface area contributed by atoms with Gasteiger partial charge in [0.1, 0.15) is 0 Å². The molecule has 0 aromatic heterocycles. The number of hydrogen-bond acceptors (Lipinski definition) is 4. The Hall–Kier alpha value is -0.910. The minimum Gasteiger partial charge on any atom is -0.324 e. The zero-order valence-corrected chi connectivity index (χ0v) is 11.6. The molecule has 7 heteroatoms. The van der Waals surface area contributed by atoms with Gasteiger partial charge in [0.15, 0.2) is 0 Å². The van der Waals surface area contributed by atoms with Crippen molar-refractivity contribution in [1.29, 1.82) is 0 Å². The standard InChI is InChI=1S/C12H20N4O2S/c1-3-10-7-16(9-12(10,14)4-2)19(17,18)15-8-11(13)5-6-11/h1,4,10,15H,2,5-9,13-14H2/t10-,12-/m0/s1. The topological polar surface area (TPSA) is 101 Å². The fraction of sp³-hybridized carbons (Fsp3) is 0.667. The summed E-state index contributed by atoms with van der Waals surface area (Å²) in [7, 11) is -3.60. The van der Waals surface area contributed by atoms with Crippen molar-refractivity contribution in [3.63, 3.8) is 0 Å². The number of nitrogens with one attached hydrogen (secondary N) is 1. The van der Waals surface area contributed by atoms with E-state index in [1.807, 2.05) is 0 Å². The molecule has 106 valence electrons. The van der Waals surface area contributed by atoms with Crippen molar-refractivity contribution >= 4 is 10.2 Å². The first-order chi connectivity index (χ1) is 8.75.